The molecule has 104 valence electrons. The molecule has 0 aliphatic carbocycles. The van der Waals surface area contributed by atoms with E-state index in [1.54, 1.807) is 6.07 Å². The lowest BCUT2D eigenvalue weighted by atomic mass is 9.96. The Morgan fingerprint density at radius 2 is 2.42 bits per heavy atom. The molecule has 1 aromatic carbocycles. The minimum absolute atomic E-state index is 0.0710. The molecule has 1 aromatic rings. The first kappa shape index (κ1) is 13.8. The van der Waals surface area contributed by atoms with Crippen LogP contribution < -0.4 is 15.4 Å². The van der Waals surface area contributed by atoms with Crippen LogP contribution in [0.25, 0.3) is 0 Å². The molecule has 1 unspecified atom stereocenters. The standard InChI is InChI=1S/C14H19FN2O2/c1-19-13-5-4-11(8-12(13)15)17-14(18)7-10-3-2-6-16-9-10/h4-5,8,10,16H,2-3,6-7,9H2,1H3,(H,17,18). The molecule has 4 nitrogen and oxygen atoms in total. The van der Waals surface area contributed by atoms with Crippen molar-refractivity contribution in [2.45, 2.75) is 19.3 Å². The number of nitrogens with one attached hydrogen (secondary N) is 2. The van der Waals surface area contributed by atoms with Gasteiger partial charge in [0.15, 0.2) is 11.6 Å². The lowest BCUT2D eigenvalue weighted by molar-refractivity contribution is -0.117. The van der Waals surface area contributed by atoms with Crippen LogP contribution in [0.4, 0.5) is 10.1 Å². The number of carbonyl (C=O) groups excluding carboxylic acids is 1. The summed E-state index contributed by atoms with van der Waals surface area (Å²) < 4.78 is 18.3. The molecule has 0 saturated carbocycles. The maximum Gasteiger partial charge on any atom is 0.224 e. The number of piperidine rings is 1. The number of carbonyl (C=O) groups is 1. The second-order valence-electron chi connectivity index (χ2n) is 4.81. The van der Waals surface area contributed by atoms with Crippen molar-refractivity contribution in [3.63, 3.8) is 0 Å². The van der Waals surface area contributed by atoms with Crippen molar-refractivity contribution in [1.29, 1.82) is 0 Å². The first-order valence-electron chi connectivity index (χ1n) is 6.53. The van der Waals surface area contributed by atoms with Crippen LogP contribution in [-0.4, -0.2) is 26.1 Å². The van der Waals surface area contributed by atoms with Gasteiger partial charge < -0.3 is 15.4 Å². The number of anilines is 1. The van der Waals surface area contributed by atoms with E-state index in [2.05, 4.69) is 10.6 Å². The molecule has 5 heteroatoms. The van der Waals surface area contributed by atoms with E-state index in [0.717, 1.165) is 25.9 Å². The van der Waals surface area contributed by atoms with Gasteiger partial charge in [0.2, 0.25) is 5.91 Å². The van der Waals surface area contributed by atoms with Crippen LogP contribution in [0.5, 0.6) is 5.75 Å². The summed E-state index contributed by atoms with van der Waals surface area (Å²) >= 11 is 0. The average Bonchev–Trinajstić information content (AvgIpc) is 2.40. The van der Waals surface area contributed by atoms with Gasteiger partial charge in [0.25, 0.3) is 0 Å². The van der Waals surface area contributed by atoms with Gasteiger partial charge in [-0.25, -0.2) is 4.39 Å². The van der Waals surface area contributed by atoms with E-state index in [4.69, 9.17) is 4.74 Å². The molecule has 1 saturated heterocycles. The Morgan fingerprint density at radius 3 is 3.05 bits per heavy atom. The van der Waals surface area contributed by atoms with Crippen LogP contribution >= 0.6 is 0 Å². The molecule has 1 aliphatic heterocycles. The average molecular weight is 266 g/mol. The predicted molar refractivity (Wildman–Crippen MR) is 71.8 cm³/mol. The third-order valence-corrected chi connectivity index (χ3v) is 3.31. The van der Waals surface area contributed by atoms with E-state index < -0.39 is 5.82 Å². The van der Waals surface area contributed by atoms with Crippen molar-refractivity contribution in [3.8, 4) is 5.75 Å². The van der Waals surface area contributed by atoms with Crippen molar-refractivity contribution in [2.24, 2.45) is 5.92 Å². The molecule has 1 fully saturated rings. The molecule has 19 heavy (non-hydrogen) atoms. The molecule has 2 N–H and O–H groups in total. The Kier molecular flexibility index (Phi) is 4.74. The number of hydrogen-bond donors (Lipinski definition) is 2. The number of methoxy groups -OCH3 is 1. The fourth-order valence-electron chi connectivity index (χ4n) is 2.32. The van der Waals surface area contributed by atoms with Crippen molar-refractivity contribution >= 4 is 11.6 Å². The van der Waals surface area contributed by atoms with E-state index in [-0.39, 0.29) is 11.7 Å². The Labute approximate surface area is 112 Å². The van der Waals surface area contributed by atoms with Gasteiger partial charge in [-0.05, 0) is 44.0 Å². The van der Waals surface area contributed by atoms with Gasteiger partial charge in [0.05, 0.1) is 7.11 Å². The van der Waals surface area contributed by atoms with E-state index >= 15 is 0 Å². The highest BCUT2D eigenvalue weighted by atomic mass is 19.1. The molecular weight excluding hydrogens is 247 g/mol. The van der Waals surface area contributed by atoms with Crippen LogP contribution in [0.1, 0.15) is 19.3 Å². The minimum Gasteiger partial charge on any atom is -0.494 e. The van der Waals surface area contributed by atoms with E-state index in [1.807, 2.05) is 0 Å². The first-order valence-corrected chi connectivity index (χ1v) is 6.53. The molecule has 0 bridgehead atoms. The molecular formula is C14H19FN2O2. The number of amides is 1. The van der Waals surface area contributed by atoms with Crippen LogP contribution in [-0.2, 0) is 4.79 Å². The Balaban J connectivity index is 1.89. The highest BCUT2D eigenvalue weighted by molar-refractivity contribution is 5.90. The number of ether oxygens (including phenoxy) is 1. The normalized spacial score (nSPS) is 18.9. The SMILES string of the molecule is COc1ccc(NC(=O)CC2CCCNC2)cc1F. The summed E-state index contributed by atoms with van der Waals surface area (Å²) in [5, 5.41) is 5.99. The summed E-state index contributed by atoms with van der Waals surface area (Å²) in [6.45, 7) is 1.91. The Hall–Kier alpha value is -1.62. The summed E-state index contributed by atoms with van der Waals surface area (Å²) in [6.07, 6.45) is 2.65. The van der Waals surface area contributed by atoms with Gasteiger partial charge in [-0.15, -0.1) is 0 Å². The van der Waals surface area contributed by atoms with Crippen LogP contribution in [0, 0.1) is 11.7 Å². The monoisotopic (exact) mass is 266 g/mol. The smallest absolute Gasteiger partial charge is 0.224 e. The van der Waals surface area contributed by atoms with Crippen molar-refractivity contribution in [1.82, 2.24) is 5.32 Å². The predicted octanol–water partition coefficient (Wildman–Crippen LogP) is 2.16. The first-order chi connectivity index (χ1) is 9.19. The molecule has 0 spiro atoms. The zero-order valence-electron chi connectivity index (χ0n) is 11.0. The lowest BCUT2D eigenvalue weighted by Crippen LogP contribution is -2.32. The molecule has 0 aromatic heterocycles. The van der Waals surface area contributed by atoms with Gasteiger partial charge >= 0.3 is 0 Å². The fraction of sp³-hybridized carbons (Fsp3) is 0.500. The summed E-state index contributed by atoms with van der Waals surface area (Å²) in [6, 6.07) is 4.42. The third-order valence-electron chi connectivity index (χ3n) is 3.31. The quantitative estimate of drug-likeness (QED) is 0.878. The van der Waals surface area contributed by atoms with Crippen molar-refractivity contribution in [3.05, 3.63) is 24.0 Å². The van der Waals surface area contributed by atoms with E-state index in [1.165, 1.54) is 19.2 Å². The Bertz CT molecular complexity index is 445. The van der Waals surface area contributed by atoms with Crippen LogP contribution in [0.3, 0.4) is 0 Å². The number of hydrogen-bond acceptors (Lipinski definition) is 3. The van der Waals surface area contributed by atoms with E-state index in [9.17, 15) is 9.18 Å². The van der Waals surface area contributed by atoms with Gasteiger partial charge in [-0.1, -0.05) is 0 Å². The molecule has 1 heterocycles. The minimum atomic E-state index is -0.473. The zero-order chi connectivity index (χ0) is 13.7. The van der Waals surface area contributed by atoms with Gasteiger partial charge in [-0.2, -0.15) is 0 Å². The van der Waals surface area contributed by atoms with Gasteiger partial charge in [0, 0.05) is 18.2 Å². The molecule has 1 amide bonds. The van der Waals surface area contributed by atoms with Crippen molar-refractivity contribution < 1.29 is 13.9 Å². The Morgan fingerprint density at radius 1 is 1.58 bits per heavy atom. The second-order valence-corrected chi connectivity index (χ2v) is 4.81. The highest BCUT2D eigenvalue weighted by Crippen LogP contribution is 2.21. The third kappa shape index (κ3) is 3.92. The number of rotatable bonds is 4. The van der Waals surface area contributed by atoms with Crippen molar-refractivity contribution in [2.75, 3.05) is 25.5 Å². The second kappa shape index (κ2) is 6.52. The van der Waals surface area contributed by atoms with E-state index in [0.29, 0.717) is 18.0 Å². The molecule has 1 atom stereocenters. The zero-order valence-corrected chi connectivity index (χ0v) is 11.0. The summed E-state index contributed by atoms with van der Waals surface area (Å²) in [5.41, 5.74) is 0.465. The summed E-state index contributed by atoms with van der Waals surface area (Å²) in [5.74, 6) is 0.00391. The lowest BCUT2D eigenvalue weighted by Gasteiger charge is -2.22. The molecule has 1 aliphatic rings. The van der Waals surface area contributed by atoms with Crippen LogP contribution in [0.15, 0.2) is 18.2 Å². The molecule has 2 rings (SSSR count). The summed E-state index contributed by atoms with van der Waals surface area (Å²) in [4.78, 5) is 11.9. The highest BCUT2D eigenvalue weighted by Gasteiger charge is 2.17. The van der Waals surface area contributed by atoms with Gasteiger partial charge in [0.1, 0.15) is 0 Å². The maximum absolute atomic E-state index is 13.5. The topological polar surface area (TPSA) is 50.4 Å². The largest absolute Gasteiger partial charge is 0.494 e. The number of benzene rings is 1. The summed E-state index contributed by atoms with van der Waals surface area (Å²) in [7, 11) is 1.41. The maximum atomic E-state index is 13.5. The van der Waals surface area contributed by atoms with Gasteiger partial charge in [-0.3, -0.25) is 4.79 Å². The fourth-order valence-corrected chi connectivity index (χ4v) is 2.32. The molecule has 0 radical (unpaired) electrons. The van der Waals surface area contributed by atoms with Crippen LogP contribution in [0.2, 0.25) is 0 Å². The number of halogens is 1.